The van der Waals surface area contributed by atoms with Crippen molar-refractivity contribution in [3.63, 3.8) is 0 Å². The van der Waals surface area contributed by atoms with Gasteiger partial charge in [0.05, 0.1) is 23.3 Å². The average Bonchev–Trinajstić information content (AvgIpc) is 2.76. The molecule has 2 aromatic carbocycles. The molecule has 0 aliphatic heterocycles. The number of methoxy groups -OCH3 is 1. The number of ketones is 1. The Kier molecular flexibility index (Phi) is 7.73. The van der Waals surface area contributed by atoms with Crippen LogP contribution in [0.25, 0.3) is 0 Å². The first kappa shape index (κ1) is 22.8. The van der Waals surface area contributed by atoms with Crippen LogP contribution in [0, 0.1) is 5.41 Å². The lowest BCUT2D eigenvalue weighted by atomic mass is 9.84. The van der Waals surface area contributed by atoms with Gasteiger partial charge >= 0.3 is 0 Å². The summed E-state index contributed by atoms with van der Waals surface area (Å²) in [5, 5.41) is 0. The van der Waals surface area contributed by atoms with Crippen LogP contribution in [0.15, 0.2) is 53.4 Å². The summed E-state index contributed by atoms with van der Waals surface area (Å²) in [4.78, 5) is 24.6. The normalized spacial score (nSPS) is 13.5. The molecule has 0 aliphatic rings. The monoisotopic (exact) mass is 416 g/mol. The van der Waals surface area contributed by atoms with Crippen LogP contribution in [0.2, 0.25) is 0 Å². The summed E-state index contributed by atoms with van der Waals surface area (Å²) in [6, 6.07) is 13.0. The number of rotatable bonds is 11. The average molecular weight is 417 g/mol. The molecule has 0 spiro atoms. The first-order valence-electron chi connectivity index (χ1n) is 9.79. The highest BCUT2D eigenvalue weighted by atomic mass is 32.2. The molecular weight excluding hydrogens is 388 g/mol. The van der Waals surface area contributed by atoms with Crippen LogP contribution in [0.3, 0.4) is 0 Å². The Morgan fingerprint density at radius 1 is 1.10 bits per heavy atom. The van der Waals surface area contributed by atoms with E-state index in [4.69, 9.17) is 4.74 Å². The Morgan fingerprint density at radius 2 is 1.79 bits per heavy atom. The zero-order valence-corrected chi connectivity index (χ0v) is 18.0. The van der Waals surface area contributed by atoms with E-state index in [0.717, 1.165) is 19.1 Å². The second-order valence-corrected chi connectivity index (χ2v) is 9.24. The van der Waals surface area contributed by atoms with Crippen LogP contribution in [0.5, 0.6) is 5.75 Å². The highest BCUT2D eigenvalue weighted by molar-refractivity contribution is 7.91. The number of carbonyl (C=O) groups excluding carboxylic acids is 2. The predicted octanol–water partition coefficient (Wildman–Crippen LogP) is 4.49. The molecule has 0 aliphatic carbocycles. The lowest BCUT2D eigenvalue weighted by Gasteiger charge is -2.26. The first-order chi connectivity index (χ1) is 13.8. The Balaban J connectivity index is 2.39. The maximum Gasteiger partial charge on any atom is 0.196 e. The molecule has 0 aromatic heterocycles. The van der Waals surface area contributed by atoms with Crippen LogP contribution >= 0.6 is 0 Å². The number of unbranched alkanes of at least 4 members (excludes halogenated alkanes) is 1. The molecule has 0 N–H and O–H groups in total. The van der Waals surface area contributed by atoms with Gasteiger partial charge in [0.1, 0.15) is 12.0 Å². The molecule has 2 rings (SSSR count). The largest absolute Gasteiger partial charge is 0.496 e. The van der Waals surface area contributed by atoms with Crippen molar-refractivity contribution in [1.29, 1.82) is 0 Å². The fourth-order valence-corrected chi connectivity index (χ4v) is 5.22. The van der Waals surface area contributed by atoms with Crippen LogP contribution in [-0.4, -0.2) is 33.3 Å². The van der Waals surface area contributed by atoms with Gasteiger partial charge in [0, 0.05) is 11.0 Å². The summed E-state index contributed by atoms with van der Waals surface area (Å²) in [6.07, 6.45) is 3.45. The van der Waals surface area contributed by atoms with Crippen LogP contribution in [-0.2, 0) is 14.6 Å². The summed E-state index contributed by atoms with van der Waals surface area (Å²) in [7, 11) is -2.34. The standard InChI is InChI=1S/C23H28O5S/c1-4-6-14-23(5-2,16-24)17-29(26,27)19-12-13-20(21(15-19)28-3)22(25)18-10-8-7-9-11-18/h7-13,15-16H,4-6,14,17H2,1-3H3. The van der Waals surface area contributed by atoms with Crippen LogP contribution in [0.1, 0.15) is 55.5 Å². The second-order valence-electron chi connectivity index (χ2n) is 7.25. The lowest BCUT2D eigenvalue weighted by Crippen LogP contribution is -2.31. The Morgan fingerprint density at radius 3 is 2.34 bits per heavy atom. The zero-order chi connectivity index (χ0) is 21.5. The van der Waals surface area contributed by atoms with Crippen molar-refractivity contribution in [2.45, 2.75) is 44.4 Å². The van der Waals surface area contributed by atoms with E-state index in [2.05, 4.69) is 0 Å². The summed E-state index contributed by atoms with van der Waals surface area (Å²) in [5.41, 5.74) is -0.117. The molecule has 156 valence electrons. The minimum Gasteiger partial charge on any atom is -0.496 e. The van der Waals surface area contributed by atoms with Crippen molar-refractivity contribution in [3.8, 4) is 5.75 Å². The van der Waals surface area contributed by atoms with Crippen molar-refractivity contribution >= 4 is 21.9 Å². The molecule has 5 nitrogen and oxygen atoms in total. The van der Waals surface area contributed by atoms with Crippen molar-refractivity contribution < 1.29 is 22.7 Å². The van der Waals surface area contributed by atoms with Gasteiger partial charge < -0.3 is 9.53 Å². The van der Waals surface area contributed by atoms with Crippen molar-refractivity contribution in [1.82, 2.24) is 0 Å². The minimum absolute atomic E-state index is 0.0511. The van der Waals surface area contributed by atoms with Crippen molar-refractivity contribution in [3.05, 3.63) is 59.7 Å². The number of aldehydes is 1. The molecule has 29 heavy (non-hydrogen) atoms. The molecule has 1 atom stereocenters. The van der Waals surface area contributed by atoms with E-state index in [1.54, 1.807) is 24.3 Å². The van der Waals surface area contributed by atoms with E-state index >= 15 is 0 Å². The van der Waals surface area contributed by atoms with E-state index in [-0.39, 0.29) is 22.2 Å². The molecule has 0 saturated carbocycles. The van der Waals surface area contributed by atoms with Gasteiger partial charge in [-0.2, -0.15) is 0 Å². The fraction of sp³-hybridized carbons (Fsp3) is 0.391. The number of benzene rings is 2. The number of sulfone groups is 1. The van der Waals surface area contributed by atoms with Crippen molar-refractivity contribution in [2.75, 3.05) is 12.9 Å². The maximum absolute atomic E-state index is 13.0. The molecule has 0 heterocycles. The summed E-state index contributed by atoms with van der Waals surface area (Å²) < 4.78 is 31.4. The van der Waals surface area contributed by atoms with Gasteiger partial charge in [0.25, 0.3) is 0 Å². The zero-order valence-electron chi connectivity index (χ0n) is 17.2. The third kappa shape index (κ3) is 5.32. The van der Waals surface area contributed by atoms with Gasteiger partial charge in [-0.05, 0) is 31.0 Å². The molecule has 0 bridgehead atoms. The quantitative estimate of drug-likeness (QED) is 0.398. The summed E-state index contributed by atoms with van der Waals surface area (Å²) in [5.74, 6) is -0.304. The van der Waals surface area contributed by atoms with Gasteiger partial charge in [-0.3, -0.25) is 4.79 Å². The molecule has 2 aromatic rings. The summed E-state index contributed by atoms with van der Waals surface area (Å²) >= 11 is 0. The SMILES string of the molecule is CCCCC(C=O)(CC)CS(=O)(=O)c1ccc(C(=O)c2ccccc2)c(OC)c1. The molecule has 6 heteroatoms. The predicted molar refractivity (Wildman–Crippen MR) is 113 cm³/mol. The van der Waals surface area contributed by atoms with E-state index in [0.29, 0.717) is 24.0 Å². The second kappa shape index (κ2) is 9.83. The minimum atomic E-state index is -3.73. The number of hydrogen-bond acceptors (Lipinski definition) is 5. The van der Waals surface area contributed by atoms with Crippen molar-refractivity contribution in [2.24, 2.45) is 5.41 Å². The van der Waals surface area contributed by atoms with E-state index in [1.807, 2.05) is 19.9 Å². The molecule has 1 unspecified atom stereocenters. The Labute approximate surface area is 173 Å². The van der Waals surface area contributed by atoms with Gasteiger partial charge in [-0.15, -0.1) is 0 Å². The lowest BCUT2D eigenvalue weighted by molar-refractivity contribution is -0.115. The first-order valence-corrected chi connectivity index (χ1v) is 11.4. The highest BCUT2D eigenvalue weighted by Crippen LogP contribution is 2.33. The maximum atomic E-state index is 13.0. The Hall–Kier alpha value is -2.47. The van der Waals surface area contributed by atoms with Gasteiger partial charge in [-0.1, -0.05) is 57.0 Å². The third-order valence-electron chi connectivity index (χ3n) is 5.27. The number of carbonyl (C=O) groups is 2. The van der Waals surface area contributed by atoms with Gasteiger partial charge in [0.2, 0.25) is 0 Å². The highest BCUT2D eigenvalue weighted by Gasteiger charge is 2.34. The molecule has 0 radical (unpaired) electrons. The molecule has 0 saturated heterocycles. The van der Waals surface area contributed by atoms with E-state index in [9.17, 15) is 18.0 Å². The fourth-order valence-electron chi connectivity index (χ4n) is 3.32. The summed E-state index contributed by atoms with van der Waals surface area (Å²) in [6.45, 7) is 3.84. The van der Waals surface area contributed by atoms with Crippen LogP contribution < -0.4 is 4.74 Å². The number of ether oxygens (including phenoxy) is 1. The third-order valence-corrected chi connectivity index (χ3v) is 7.20. The topological polar surface area (TPSA) is 77.5 Å². The Bertz CT molecular complexity index is 950. The van der Waals surface area contributed by atoms with E-state index < -0.39 is 15.3 Å². The number of hydrogen-bond donors (Lipinski definition) is 0. The smallest absolute Gasteiger partial charge is 0.196 e. The molecule has 0 amide bonds. The molecular formula is C23H28O5S. The molecule has 0 fully saturated rings. The van der Waals surface area contributed by atoms with Gasteiger partial charge in [-0.25, -0.2) is 8.42 Å². The van der Waals surface area contributed by atoms with Crippen LogP contribution in [0.4, 0.5) is 0 Å². The van der Waals surface area contributed by atoms with E-state index in [1.165, 1.54) is 25.3 Å². The van der Waals surface area contributed by atoms with Gasteiger partial charge in [0.15, 0.2) is 15.6 Å².